The highest BCUT2D eigenvalue weighted by atomic mass is 32.1. The highest BCUT2D eigenvalue weighted by Gasteiger charge is 2.28. The van der Waals surface area contributed by atoms with Gasteiger partial charge in [0.05, 0.1) is 4.88 Å². The molecule has 4 rings (SSSR count). The molecule has 2 amide bonds. The number of pyridine rings is 1. The van der Waals surface area contributed by atoms with Crippen molar-refractivity contribution in [2.45, 2.75) is 38.6 Å². The predicted molar refractivity (Wildman–Crippen MR) is 110 cm³/mol. The second kappa shape index (κ2) is 8.14. The molecule has 1 aliphatic heterocycles. The molecule has 1 fully saturated rings. The molecule has 1 aliphatic rings. The predicted octanol–water partition coefficient (Wildman–Crippen LogP) is 3.44. The fourth-order valence-electron chi connectivity index (χ4n) is 3.62. The first-order valence-corrected chi connectivity index (χ1v) is 10.5. The lowest BCUT2D eigenvalue weighted by molar-refractivity contribution is -0.130. The molecule has 7 heteroatoms. The van der Waals surface area contributed by atoms with Gasteiger partial charge in [-0.25, -0.2) is 4.98 Å². The van der Waals surface area contributed by atoms with E-state index in [2.05, 4.69) is 10.3 Å². The molecule has 0 aromatic carbocycles. The number of thiophene rings is 1. The van der Waals surface area contributed by atoms with Gasteiger partial charge >= 0.3 is 0 Å². The minimum Gasteiger partial charge on any atom is -0.347 e. The summed E-state index contributed by atoms with van der Waals surface area (Å²) in [6.45, 7) is 4.09. The molecule has 1 N–H and O–H groups in total. The molecule has 3 aromatic rings. The number of hydrogen-bond donors (Lipinski definition) is 1. The van der Waals surface area contributed by atoms with Gasteiger partial charge in [-0.15, -0.1) is 11.3 Å². The van der Waals surface area contributed by atoms with Gasteiger partial charge in [0.15, 0.2) is 0 Å². The fourth-order valence-corrected chi connectivity index (χ4v) is 4.67. The lowest BCUT2D eigenvalue weighted by atomic mass is 10.1. The molecule has 4 heterocycles. The van der Waals surface area contributed by atoms with Crippen LogP contribution in [0.5, 0.6) is 0 Å². The molecular formula is C21H24N4O2S. The number of carbonyl (C=O) groups is 2. The van der Waals surface area contributed by atoms with Crippen molar-refractivity contribution in [3.63, 3.8) is 0 Å². The van der Waals surface area contributed by atoms with Crippen LogP contribution in [-0.2, 0) is 11.3 Å². The van der Waals surface area contributed by atoms with E-state index in [0.29, 0.717) is 18.9 Å². The topological polar surface area (TPSA) is 66.7 Å². The zero-order valence-electron chi connectivity index (χ0n) is 15.9. The van der Waals surface area contributed by atoms with Gasteiger partial charge in [0.2, 0.25) is 5.91 Å². The Morgan fingerprint density at radius 2 is 2.18 bits per heavy atom. The van der Waals surface area contributed by atoms with Crippen LogP contribution in [0.25, 0.3) is 5.65 Å². The van der Waals surface area contributed by atoms with Crippen LogP contribution in [0.4, 0.5) is 0 Å². The number of imidazole rings is 1. The summed E-state index contributed by atoms with van der Waals surface area (Å²) in [6, 6.07) is 7.88. The van der Waals surface area contributed by atoms with Gasteiger partial charge in [-0.2, -0.15) is 0 Å². The second-order valence-corrected chi connectivity index (χ2v) is 8.30. The lowest BCUT2D eigenvalue weighted by Gasteiger charge is -2.15. The van der Waals surface area contributed by atoms with E-state index in [1.165, 1.54) is 16.2 Å². The number of nitrogens with one attached hydrogen (secondary N) is 1. The molecule has 1 unspecified atom stereocenters. The molecule has 3 aromatic heterocycles. The fraction of sp³-hybridized carbons (Fsp3) is 0.381. The third-order valence-electron chi connectivity index (χ3n) is 5.17. The third-order valence-corrected chi connectivity index (χ3v) is 6.42. The number of fused-ring (bicyclic) bond motifs is 1. The van der Waals surface area contributed by atoms with Crippen molar-refractivity contribution in [3.8, 4) is 0 Å². The van der Waals surface area contributed by atoms with E-state index in [-0.39, 0.29) is 11.8 Å². The summed E-state index contributed by atoms with van der Waals surface area (Å²) in [5.74, 6) is 0.528. The summed E-state index contributed by atoms with van der Waals surface area (Å²) in [5.41, 5.74) is 1.89. The molecule has 28 heavy (non-hydrogen) atoms. The zero-order chi connectivity index (χ0) is 19.5. The van der Waals surface area contributed by atoms with Gasteiger partial charge < -0.3 is 14.6 Å². The van der Waals surface area contributed by atoms with Crippen LogP contribution in [0.3, 0.4) is 0 Å². The van der Waals surface area contributed by atoms with Crippen molar-refractivity contribution in [2.24, 2.45) is 0 Å². The molecule has 0 aliphatic carbocycles. The van der Waals surface area contributed by atoms with Crippen LogP contribution >= 0.6 is 11.3 Å². The maximum absolute atomic E-state index is 12.5. The standard InChI is InChI=1S/C21H24N4O2S/c1-2-3-20(26)25-10-7-16(14-25)17-4-5-18(28-17)21(27)23-13-15-6-9-24-11-8-22-19(24)12-15/h4-6,8-9,11-12,16H,2-3,7,10,13-14H2,1H3,(H,23,27). The van der Waals surface area contributed by atoms with Crippen LogP contribution in [0.2, 0.25) is 0 Å². The normalized spacial score (nSPS) is 16.6. The first-order valence-electron chi connectivity index (χ1n) is 9.71. The quantitative estimate of drug-likeness (QED) is 0.694. The molecule has 1 atom stereocenters. The number of aromatic nitrogens is 2. The Hall–Kier alpha value is -2.67. The Morgan fingerprint density at radius 1 is 1.29 bits per heavy atom. The van der Waals surface area contributed by atoms with Crippen LogP contribution < -0.4 is 5.32 Å². The Morgan fingerprint density at radius 3 is 3.04 bits per heavy atom. The second-order valence-electron chi connectivity index (χ2n) is 7.19. The van der Waals surface area contributed by atoms with E-state index >= 15 is 0 Å². The van der Waals surface area contributed by atoms with Crippen LogP contribution in [0, 0.1) is 0 Å². The molecule has 0 bridgehead atoms. The Bertz CT molecular complexity index is 993. The van der Waals surface area contributed by atoms with E-state index in [1.54, 1.807) is 6.20 Å². The summed E-state index contributed by atoms with van der Waals surface area (Å²) in [6.07, 6.45) is 8.07. The Kier molecular flexibility index (Phi) is 5.43. The first kappa shape index (κ1) is 18.7. The molecule has 0 saturated carbocycles. The van der Waals surface area contributed by atoms with Crippen LogP contribution in [-0.4, -0.2) is 39.2 Å². The maximum atomic E-state index is 12.5. The molecule has 6 nitrogen and oxygen atoms in total. The zero-order valence-corrected chi connectivity index (χ0v) is 16.7. The van der Waals surface area contributed by atoms with E-state index in [1.807, 2.05) is 52.9 Å². The minimum absolute atomic E-state index is 0.0589. The lowest BCUT2D eigenvalue weighted by Crippen LogP contribution is -2.27. The summed E-state index contributed by atoms with van der Waals surface area (Å²) >= 11 is 1.54. The van der Waals surface area contributed by atoms with Crippen LogP contribution in [0.1, 0.15) is 52.2 Å². The third kappa shape index (κ3) is 3.94. The average molecular weight is 397 g/mol. The van der Waals surface area contributed by atoms with E-state index in [9.17, 15) is 9.59 Å². The Labute approximate surface area is 168 Å². The van der Waals surface area contributed by atoms with Gasteiger partial charge in [0, 0.05) is 55.4 Å². The average Bonchev–Trinajstić information content (AvgIpc) is 3.45. The minimum atomic E-state index is -0.0589. The molecule has 0 radical (unpaired) electrons. The number of hydrogen-bond acceptors (Lipinski definition) is 4. The van der Waals surface area contributed by atoms with E-state index < -0.39 is 0 Å². The van der Waals surface area contributed by atoms with E-state index in [4.69, 9.17) is 0 Å². The van der Waals surface area contributed by atoms with Gasteiger partial charge in [0.1, 0.15) is 5.65 Å². The largest absolute Gasteiger partial charge is 0.347 e. The van der Waals surface area contributed by atoms with E-state index in [0.717, 1.165) is 42.0 Å². The summed E-state index contributed by atoms with van der Waals surface area (Å²) in [4.78, 5) is 32.7. The first-order chi connectivity index (χ1) is 13.6. The van der Waals surface area contributed by atoms with Gasteiger partial charge in [-0.3, -0.25) is 9.59 Å². The number of carbonyl (C=O) groups excluding carboxylic acids is 2. The monoisotopic (exact) mass is 396 g/mol. The molecule has 0 spiro atoms. The number of nitrogens with zero attached hydrogens (tertiary/aromatic N) is 3. The number of rotatable bonds is 6. The van der Waals surface area contributed by atoms with Crippen molar-refractivity contribution in [2.75, 3.05) is 13.1 Å². The summed E-state index contributed by atoms with van der Waals surface area (Å²) in [5, 5.41) is 2.99. The number of amides is 2. The summed E-state index contributed by atoms with van der Waals surface area (Å²) in [7, 11) is 0. The van der Waals surface area contributed by atoms with Gasteiger partial charge in [-0.1, -0.05) is 6.92 Å². The highest BCUT2D eigenvalue weighted by molar-refractivity contribution is 7.14. The smallest absolute Gasteiger partial charge is 0.261 e. The summed E-state index contributed by atoms with van der Waals surface area (Å²) < 4.78 is 1.94. The molecule has 1 saturated heterocycles. The Balaban J connectivity index is 1.34. The van der Waals surface area contributed by atoms with Crippen molar-refractivity contribution < 1.29 is 9.59 Å². The van der Waals surface area contributed by atoms with Crippen molar-refractivity contribution >= 4 is 28.8 Å². The van der Waals surface area contributed by atoms with Crippen LogP contribution in [0.15, 0.2) is 42.9 Å². The van der Waals surface area contributed by atoms with Gasteiger partial charge in [0.25, 0.3) is 5.91 Å². The molecular weight excluding hydrogens is 372 g/mol. The van der Waals surface area contributed by atoms with Crippen molar-refractivity contribution in [1.29, 1.82) is 0 Å². The maximum Gasteiger partial charge on any atom is 0.261 e. The van der Waals surface area contributed by atoms with Crippen molar-refractivity contribution in [1.82, 2.24) is 19.6 Å². The van der Waals surface area contributed by atoms with Crippen molar-refractivity contribution in [3.05, 3.63) is 58.2 Å². The SMILES string of the molecule is CCCC(=O)N1CCC(c2ccc(C(=O)NCc3ccn4ccnc4c3)s2)C1. The highest BCUT2D eigenvalue weighted by Crippen LogP contribution is 2.32. The number of likely N-dealkylation sites (tertiary alicyclic amines) is 1. The van der Waals surface area contributed by atoms with Gasteiger partial charge in [-0.05, 0) is 42.7 Å². The molecule has 146 valence electrons.